The molecule has 0 rings (SSSR count). The Balaban J connectivity index is 3.76. The maximum absolute atomic E-state index is 6.18. The third-order valence-electron chi connectivity index (χ3n) is 3.97. The second-order valence-electron chi connectivity index (χ2n) is 5.36. The zero-order chi connectivity index (χ0) is 14.0. The lowest BCUT2D eigenvalue weighted by Crippen LogP contribution is -2.62. The van der Waals surface area contributed by atoms with Gasteiger partial charge in [0.15, 0.2) is 0 Å². The van der Waals surface area contributed by atoms with Crippen molar-refractivity contribution >= 4 is 0 Å². The summed E-state index contributed by atoms with van der Waals surface area (Å²) in [6.07, 6.45) is 7.90. The Morgan fingerprint density at radius 1 is 0.944 bits per heavy atom. The van der Waals surface area contributed by atoms with Crippen LogP contribution in [0.4, 0.5) is 0 Å². The van der Waals surface area contributed by atoms with Crippen molar-refractivity contribution in [1.82, 2.24) is 10.6 Å². The van der Waals surface area contributed by atoms with Gasteiger partial charge in [0.1, 0.15) is 0 Å². The van der Waals surface area contributed by atoms with Crippen LogP contribution in [0.25, 0.3) is 0 Å². The summed E-state index contributed by atoms with van der Waals surface area (Å²) in [7, 11) is 3.97. The maximum Gasteiger partial charge on any atom is 0.0794 e. The summed E-state index contributed by atoms with van der Waals surface area (Å²) in [6, 6.07) is 0.865. The fourth-order valence-electron chi connectivity index (χ4n) is 2.58. The molecule has 0 aromatic rings. The molecule has 0 aromatic heterocycles. The molecular formula is C14H34N4. The lowest BCUT2D eigenvalue weighted by Gasteiger charge is -2.33. The van der Waals surface area contributed by atoms with E-state index >= 15 is 0 Å². The molecule has 6 N–H and O–H groups in total. The first-order valence-corrected chi connectivity index (χ1v) is 7.44. The number of unbranched alkanes of at least 4 members (excludes halogenated alkanes) is 2. The van der Waals surface area contributed by atoms with Gasteiger partial charge >= 0.3 is 0 Å². The molecule has 0 radical (unpaired) electrons. The van der Waals surface area contributed by atoms with E-state index in [1.54, 1.807) is 0 Å². The van der Waals surface area contributed by atoms with Crippen LogP contribution in [-0.2, 0) is 0 Å². The molecule has 0 heterocycles. The average molecular weight is 258 g/mol. The molecule has 18 heavy (non-hydrogen) atoms. The number of hydrogen-bond acceptors (Lipinski definition) is 4. The monoisotopic (exact) mass is 258 g/mol. The summed E-state index contributed by atoms with van der Waals surface area (Å²) in [5, 5.41) is 6.55. The molecular weight excluding hydrogens is 224 g/mol. The third-order valence-corrected chi connectivity index (χ3v) is 3.97. The van der Waals surface area contributed by atoms with E-state index in [1.807, 2.05) is 14.1 Å². The quantitative estimate of drug-likeness (QED) is 0.335. The molecule has 0 bridgehead atoms. The molecule has 0 saturated carbocycles. The largest absolute Gasteiger partial charge is 0.317 e. The van der Waals surface area contributed by atoms with Crippen LogP contribution in [0.15, 0.2) is 0 Å². The first kappa shape index (κ1) is 17.8. The summed E-state index contributed by atoms with van der Waals surface area (Å²) in [5.41, 5.74) is 11.8. The highest BCUT2D eigenvalue weighted by Gasteiger charge is 2.27. The van der Waals surface area contributed by atoms with Gasteiger partial charge in [-0.05, 0) is 39.8 Å². The van der Waals surface area contributed by atoms with Crippen LogP contribution in [0.1, 0.15) is 58.8 Å². The van der Waals surface area contributed by atoms with Crippen molar-refractivity contribution in [1.29, 1.82) is 0 Å². The van der Waals surface area contributed by atoms with E-state index < -0.39 is 5.66 Å². The van der Waals surface area contributed by atoms with E-state index in [2.05, 4.69) is 24.5 Å². The lowest BCUT2D eigenvalue weighted by molar-refractivity contribution is 0.279. The minimum absolute atomic E-state index is 0.207. The summed E-state index contributed by atoms with van der Waals surface area (Å²) >= 11 is 0. The predicted octanol–water partition coefficient (Wildman–Crippen LogP) is 1.55. The van der Waals surface area contributed by atoms with E-state index in [-0.39, 0.29) is 6.04 Å². The lowest BCUT2D eigenvalue weighted by atomic mass is 9.93. The van der Waals surface area contributed by atoms with Gasteiger partial charge in [0, 0.05) is 12.1 Å². The smallest absolute Gasteiger partial charge is 0.0794 e. The minimum atomic E-state index is -0.573. The highest BCUT2D eigenvalue weighted by molar-refractivity contribution is 4.89. The molecule has 2 atom stereocenters. The van der Waals surface area contributed by atoms with Crippen LogP contribution in [0.3, 0.4) is 0 Å². The van der Waals surface area contributed by atoms with E-state index in [4.69, 9.17) is 11.5 Å². The van der Waals surface area contributed by atoms with Crippen LogP contribution >= 0.6 is 0 Å². The SMILES string of the molecule is CCC(CCCCCC(N)(N)C(CC)NC)NC. The predicted molar refractivity (Wildman–Crippen MR) is 80.5 cm³/mol. The van der Waals surface area contributed by atoms with Gasteiger partial charge in [-0.1, -0.05) is 33.1 Å². The molecule has 0 aliphatic carbocycles. The van der Waals surface area contributed by atoms with Gasteiger partial charge in [0.05, 0.1) is 5.66 Å². The van der Waals surface area contributed by atoms with Crippen molar-refractivity contribution in [2.45, 2.75) is 76.5 Å². The molecule has 4 nitrogen and oxygen atoms in total. The van der Waals surface area contributed by atoms with Gasteiger partial charge in [-0.15, -0.1) is 0 Å². The Kier molecular flexibility index (Phi) is 9.64. The topological polar surface area (TPSA) is 76.1 Å². The molecule has 0 aliphatic rings. The molecule has 0 spiro atoms. The van der Waals surface area contributed by atoms with Crippen molar-refractivity contribution in [2.24, 2.45) is 11.5 Å². The second-order valence-corrected chi connectivity index (χ2v) is 5.36. The first-order chi connectivity index (χ1) is 8.51. The van der Waals surface area contributed by atoms with Crippen molar-refractivity contribution in [2.75, 3.05) is 14.1 Å². The summed E-state index contributed by atoms with van der Waals surface area (Å²) in [4.78, 5) is 0. The fourth-order valence-corrected chi connectivity index (χ4v) is 2.58. The van der Waals surface area contributed by atoms with Crippen LogP contribution in [0.2, 0.25) is 0 Å². The molecule has 0 saturated heterocycles. The van der Waals surface area contributed by atoms with Gasteiger partial charge in [0.25, 0.3) is 0 Å². The highest BCUT2D eigenvalue weighted by Crippen LogP contribution is 2.15. The summed E-state index contributed by atoms with van der Waals surface area (Å²) in [5.74, 6) is 0. The van der Waals surface area contributed by atoms with Crippen molar-refractivity contribution in [3.63, 3.8) is 0 Å². The van der Waals surface area contributed by atoms with Gasteiger partial charge in [0.2, 0.25) is 0 Å². The van der Waals surface area contributed by atoms with Crippen LogP contribution in [-0.4, -0.2) is 31.8 Å². The van der Waals surface area contributed by atoms with Gasteiger partial charge in [-0.25, -0.2) is 0 Å². The van der Waals surface area contributed by atoms with Crippen LogP contribution < -0.4 is 22.1 Å². The normalized spacial score (nSPS) is 15.7. The number of hydrogen-bond donors (Lipinski definition) is 4. The van der Waals surface area contributed by atoms with E-state index in [1.165, 1.54) is 25.7 Å². The number of nitrogens with one attached hydrogen (secondary N) is 2. The molecule has 2 unspecified atom stereocenters. The Hall–Kier alpha value is -0.160. The molecule has 0 amide bonds. The highest BCUT2D eigenvalue weighted by atomic mass is 15.1. The van der Waals surface area contributed by atoms with Crippen molar-refractivity contribution in [3.8, 4) is 0 Å². The van der Waals surface area contributed by atoms with Crippen molar-refractivity contribution < 1.29 is 0 Å². The van der Waals surface area contributed by atoms with E-state index in [9.17, 15) is 0 Å². The third kappa shape index (κ3) is 6.69. The van der Waals surface area contributed by atoms with Crippen LogP contribution in [0, 0.1) is 0 Å². The summed E-state index contributed by atoms with van der Waals surface area (Å²) < 4.78 is 0. The molecule has 0 aromatic carbocycles. The Morgan fingerprint density at radius 2 is 1.61 bits per heavy atom. The molecule has 0 fully saturated rings. The maximum atomic E-state index is 6.18. The van der Waals surface area contributed by atoms with Gasteiger partial charge in [-0.2, -0.15) is 0 Å². The average Bonchev–Trinajstić information content (AvgIpc) is 2.35. The first-order valence-electron chi connectivity index (χ1n) is 7.44. The molecule has 110 valence electrons. The van der Waals surface area contributed by atoms with Crippen molar-refractivity contribution in [3.05, 3.63) is 0 Å². The van der Waals surface area contributed by atoms with E-state index in [0.29, 0.717) is 6.04 Å². The molecule has 0 aliphatic heterocycles. The standard InChI is InChI=1S/C14H34N4/c1-5-12(17-3)10-8-7-9-11-14(15,16)13(6-2)18-4/h12-13,17-18H,5-11,15-16H2,1-4H3. The fraction of sp³-hybridized carbons (Fsp3) is 1.00. The zero-order valence-corrected chi connectivity index (χ0v) is 12.8. The van der Waals surface area contributed by atoms with Crippen LogP contribution in [0.5, 0.6) is 0 Å². The second kappa shape index (κ2) is 9.73. The Labute approximate surface area is 113 Å². The number of nitrogens with two attached hydrogens (primary N) is 2. The number of rotatable bonds is 11. The van der Waals surface area contributed by atoms with Gasteiger partial charge in [-0.3, -0.25) is 0 Å². The minimum Gasteiger partial charge on any atom is -0.317 e. The Bertz CT molecular complexity index is 186. The Morgan fingerprint density at radius 3 is 2.06 bits per heavy atom. The zero-order valence-electron chi connectivity index (χ0n) is 12.8. The van der Waals surface area contributed by atoms with E-state index in [0.717, 1.165) is 19.3 Å². The van der Waals surface area contributed by atoms with Gasteiger partial charge < -0.3 is 22.1 Å². The molecule has 4 heteroatoms. The number of likely N-dealkylation sites (N-methyl/N-ethyl adjacent to an activating group) is 1. The summed E-state index contributed by atoms with van der Waals surface area (Å²) in [6.45, 7) is 4.35.